The van der Waals surface area contributed by atoms with E-state index in [4.69, 9.17) is 17.3 Å². The molecule has 3 nitrogen and oxygen atoms in total. The second kappa shape index (κ2) is 7.29. The lowest BCUT2D eigenvalue weighted by Crippen LogP contribution is -2.19. The van der Waals surface area contributed by atoms with E-state index in [2.05, 4.69) is 25.9 Å². The highest BCUT2D eigenvalue weighted by Crippen LogP contribution is 2.24. The van der Waals surface area contributed by atoms with E-state index in [1.54, 1.807) is 6.20 Å². The first-order chi connectivity index (χ1) is 8.06. The molecule has 2 N–H and O–H groups in total. The Morgan fingerprint density at radius 1 is 1.47 bits per heavy atom. The number of nitrogens with zero attached hydrogens (tertiary/aromatic N) is 2. The van der Waals surface area contributed by atoms with Gasteiger partial charge in [-0.1, -0.05) is 32.4 Å². The number of aryl methyl sites for hydroxylation is 1. The van der Waals surface area contributed by atoms with E-state index in [1.807, 2.05) is 16.4 Å². The van der Waals surface area contributed by atoms with Gasteiger partial charge in [0.05, 0.1) is 23.0 Å². The smallest absolute Gasteiger partial charge is 0.0834 e. The van der Waals surface area contributed by atoms with Gasteiger partial charge in [0.1, 0.15) is 0 Å². The van der Waals surface area contributed by atoms with Crippen molar-refractivity contribution in [1.82, 2.24) is 9.78 Å². The third kappa shape index (κ3) is 4.53. The molecule has 0 saturated heterocycles. The van der Waals surface area contributed by atoms with Gasteiger partial charge in [0, 0.05) is 12.3 Å². The van der Waals surface area contributed by atoms with E-state index in [1.165, 1.54) is 0 Å². The second-order valence-corrected chi connectivity index (χ2v) is 6.12. The lowest BCUT2D eigenvalue weighted by molar-refractivity contribution is 0.554. The molecule has 1 aromatic heterocycles. The largest absolute Gasteiger partial charge is 0.322 e. The first-order valence-corrected chi connectivity index (χ1v) is 7.64. The van der Waals surface area contributed by atoms with Crippen LogP contribution in [0.15, 0.2) is 6.20 Å². The summed E-state index contributed by atoms with van der Waals surface area (Å²) in [7, 11) is 0. The molecule has 0 aliphatic carbocycles. The van der Waals surface area contributed by atoms with Crippen LogP contribution in [-0.4, -0.2) is 21.3 Å². The van der Waals surface area contributed by atoms with Gasteiger partial charge in [0.25, 0.3) is 0 Å². The van der Waals surface area contributed by atoms with Crippen LogP contribution in [0.2, 0.25) is 5.02 Å². The molecule has 17 heavy (non-hydrogen) atoms. The molecule has 0 bridgehead atoms. The number of aromatic nitrogens is 2. The van der Waals surface area contributed by atoms with Gasteiger partial charge >= 0.3 is 0 Å². The zero-order valence-corrected chi connectivity index (χ0v) is 12.4. The minimum atomic E-state index is -0.0275. The lowest BCUT2D eigenvalue weighted by Gasteiger charge is -2.15. The summed E-state index contributed by atoms with van der Waals surface area (Å²) in [5.41, 5.74) is 7.17. The highest BCUT2D eigenvalue weighted by atomic mass is 35.5. The molecule has 1 rings (SSSR count). The lowest BCUT2D eigenvalue weighted by atomic mass is 10.2. The molecule has 5 heteroatoms. The molecular weight excluding hydrogens is 254 g/mol. The first kappa shape index (κ1) is 14.9. The molecule has 0 radical (unpaired) electrons. The standard InChI is InChI=1S/C12H22ClN3S/c1-4-5-16-12(10(13)6-15-16)11(14)8-17-7-9(2)3/h6,9,11H,4-5,7-8,14H2,1-3H3. The third-order valence-corrected chi connectivity index (χ3v) is 4.16. The monoisotopic (exact) mass is 275 g/mol. The molecule has 98 valence electrons. The molecule has 1 unspecified atom stereocenters. The minimum Gasteiger partial charge on any atom is -0.322 e. The van der Waals surface area contributed by atoms with Crippen LogP contribution in [0.25, 0.3) is 0 Å². The van der Waals surface area contributed by atoms with Crippen LogP contribution in [0.3, 0.4) is 0 Å². The van der Waals surface area contributed by atoms with Gasteiger partial charge in [-0.25, -0.2) is 0 Å². The zero-order valence-electron chi connectivity index (χ0n) is 10.8. The summed E-state index contributed by atoms with van der Waals surface area (Å²) in [4.78, 5) is 0. The number of hydrogen-bond donors (Lipinski definition) is 1. The summed E-state index contributed by atoms with van der Waals surface area (Å²) >= 11 is 8.02. The van der Waals surface area contributed by atoms with E-state index >= 15 is 0 Å². The predicted molar refractivity (Wildman–Crippen MR) is 76.6 cm³/mol. The average molecular weight is 276 g/mol. The summed E-state index contributed by atoms with van der Waals surface area (Å²) in [5.74, 6) is 2.73. The van der Waals surface area contributed by atoms with Crippen molar-refractivity contribution in [2.45, 2.75) is 39.8 Å². The molecule has 1 heterocycles. The van der Waals surface area contributed by atoms with Gasteiger partial charge in [0.2, 0.25) is 0 Å². The fraction of sp³-hybridized carbons (Fsp3) is 0.750. The number of nitrogens with two attached hydrogens (primary N) is 1. The van der Waals surface area contributed by atoms with Crippen molar-refractivity contribution >= 4 is 23.4 Å². The molecule has 0 saturated carbocycles. The van der Waals surface area contributed by atoms with Crippen LogP contribution >= 0.6 is 23.4 Å². The van der Waals surface area contributed by atoms with Crippen molar-refractivity contribution in [2.75, 3.05) is 11.5 Å². The molecule has 0 fully saturated rings. The minimum absolute atomic E-state index is 0.0275. The van der Waals surface area contributed by atoms with Crippen LogP contribution in [0.5, 0.6) is 0 Å². The second-order valence-electron chi connectivity index (χ2n) is 4.64. The SMILES string of the molecule is CCCn1ncc(Cl)c1C(N)CSCC(C)C. The van der Waals surface area contributed by atoms with E-state index in [-0.39, 0.29) is 6.04 Å². The molecule has 0 aliphatic rings. The summed E-state index contributed by atoms with van der Waals surface area (Å²) in [5, 5.41) is 4.96. The summed E-state index contributed by atoms with van der Waals surface area (Å²) in [6.45, 7) is 7.43. The Labute approximate surface area is 113 Å². The number of rotatable bonds is 7. The van der Waals surface area contributed by atoms with Gasteiger partial charge in [-0.2, -0.15) is 16.9 Å². The van der Waals surface area contributed by atoms with Crippen molar-refractivity contribution in [3.05, 3.63) is 16.9 Å². The van der Waals surface area contributed by atoms with Gasteiger partial charge in [-0.3, -0.25) is 4.68 Å². The first-order valence-electron chi connectivity index (χ1n) is 6.10. The maximum atomic E-state index is 6.19. The number of thioether (sulfide) groups is 1. The Morgan fingerprint density at radius 3 is 2.76 bits per heavy atom. The average Bonchev–Trinajstić information content (AvgIpc) is 2.60. The third-order valence-electron chi connectivity index (χ3n) is 2.37. The number of halogens is 1. The maximum absolute atomic E-state index is 6.19. The summed E-state index contributed by atoms with van der Waals surface area (Å²) in [6, 6.07) is -0.0275. The molecule has 1 atom stereocenters. The Hall–Kier alpha value is -0.190. The van der Waals surface area contributed by atoms with Crippen LogP contribution in [-0.2, 0) is 6.54 Å². The maximum Gasteiger partial charge on any atom is 0.0834 e. The fourth-order valence-corrected chi connectivity index (χ4v) is 2.94. The molecule has 0 amide bonds. The van der Waals surface area contributed by atoms with E-state index in [9.17, 15) is 0 Å². The summed E-state index contributed by atoms with van der Waals surface area (Å²) < 4.78 is 1.93. The van der Waals surface area contributed by atoms with Crippen LogP contribution in [0, 0.1) is 5.92 Å². The van der Waals surface area contributed by atoms with Gasteiger partial charge in [-0.05, 0) is 18.1 Å². The Morgan fingerprint density at radius 2 is 2.18 bits per heavy atom. The van der Waals surface area contributed by atoms with Crippen molar-refractivity contribution < 1.29 is 0 Å². The molecule has 1 aromatic rings. The van der Waals surface area contributed by atoms with E-state index in [0.717, 1.165) is 30.2 Å². The quantitative estimate of drug-likeness (QED) is 0.830. The molecule has 0 spiro atoms. The van der Waals surface area contributed by atoms with Crippen LogP contribution in [0.1, 0.15) is 38.9 Å². The van der Waals surface area contributed by atoms with Crippen LogP contribution < -0.4 is 5.73 Å². The number of hydrogen-bond acceptors (Lipinski definition) is 3. The normalized spacial score (nSPS) is 13.3. The highest BCUT2D eigenvalue weighted by Gasteiger charge is 2.16. The topological polar surface area (TPSA) is 43.8 Å². The highest BCUT2D eigenvalue weighted by molar-refractivity contribution is 7.99. The Bertz CT molecular complexity index is 338. The van der Waals surface area contributed by atoms with Gasteiger partial charge < -0.3 is 5.73 Å². The van der Waals surface area contributed by atoms with Crippen LogP contribution in [0.4, 0.5) is 0 Å². The molecular formula is C12H22ClN3S. The van der Waals surface area contributed by atoms with Crippen molar-refractivity contribution in [3.8, 4) is 0 Å². The van der Waals surface area contributed by atoms with Gasteiger partial charge in [-0.15, -0.1) is 0 Å². The summed E-state index contributed by atoms with van der Waals surface area (Å²) in [6.07, 6.45) is 2.73. The van der Waals surface area contributed by atoms with E-state index < -0.39 is 0 Å². The van der Waals surface area contributed by atoms with Crippen molar-refractivity contribution in [1.29, 1.82) is 0 Å². The Kier molecular flexibility index (Phi) is 6.38. The molecule has 0 aliphatic heterocycles. The molecule has 0 aromatic carbocycles. The fourth-order valence-electron chi connectivity index (χ4n) is 1.64. The van der Waals surface area contributed by atoms with Crippen molar-refractivity contribution in [3.63, 3.8) is 0 Å². The van der Waals surface area contributed by atoms with Crippen molar-refractivity contribution in [2.24, 2.45) is 11.7 Å². The van der Waals surface area contributed by atoms with E-state index in [0.29, 0.717) is 10.9 Å². The Balaban J connectivity index is 2.60. The zero-order chi connectivity index (χ0) is 12.8. The van der Waals surface area contributed by atoms with Gasteiger partial charge in [0.15, 0.2) is 0 Å². The predicted octanol–water partition coefficient (Wildman–Crippen LogP) is 3.34.